The molecule has 3 heterocycles. The number of nitrogens with one attached hydrogen (secondary N) is 1. The molecular formula is C22H25F4N5. The predicted octanol–water partition coefficient (Wildman–Crippen LogP) is 3.80. The smallest absolute Gasteiger partial charge is 0.309 e. The zero-order valence-electron chi connectivity index (χ0n) is 17.1. The quantitative estimate of drug-likeness (QED) is 0.714. The van der Waals surface area contributed by atoms with E-state index in [2.05, 4.69) is 10.4 Å². The topological polar surface area (TPSA) is 34.1 Å². The van der Waals surface area contributed by atoms with Crippen LogP contribution in [0, 0.1) is 11.7 Å². The second-order valence-electron chi connectivity index (χ2n) is 8.56. The van der Waals surface area contributed by atoms with Crippen LogP contribution in [0.2, 0.25) is 0 Å². The summed E-state index contributed by atoms with van der Waals surface area (Å²) in [5, 5.41) is 9.44. The summed E-state index contributed by atoms with van der Waals surface area (Å²) < 4.78 is 55.6. The molecule has 5 rings (SSSR count). The van der Waals surface area contributed by atoms with Crippen molar-refractivity contribution in [1.82, 2.24) is 20.1 Å². The van der Waals surface area contributed by atoms with Gasteiger partial charge in [0.15, 0.2) is 0 Å². The molecule has 1 aromatic rings. The number of alkyl halides is 3. The first kappa shape index (κ1) is 20.5. The third kappa shape index (κ3) is 4.21. The van der Waals surface area contributed by atoms with Crippen molar-refractivity contribution in [3.8, 4) is 0 Å². The number of benzene rings is 1. The first-order valence-electron chi connectivity index (χ1n) is 10.7. The van der Waals surface area contributed by atoms with Crippen LogP contribution >= 0.6 is 0 Å². The number of allylic oxidation sites excluding steroid dienone is 2. The highest BCUT2D eigenvalue weighted by atomic mass is 19.4. The Morgan fingerprint density at radius 2 is 1.97 bits per heavy atom. The van der Waals surface area contributed by atoms with Gasteiger partial charge in [-0.15, -0.1) is 0 Å². The Hall–Kier alpha value is -2.39. The van der Waals surface area contributed by atoms with Gasteiger partial charge in [0.25, 0.3) is 0 Å². The Bertz CT molecular complexity index is 934. The fourth-order valence-corrected chi connectivity index (χ4v) is 4.47. The van der Waals surface area contributed by atoms with Gasteiger partial charge in [-0.3, -0.25) is 4.90 Å². The summed E-state index contributed by atoms with van der Waals surface area (Å²) in [5.41, 5.74) is -0.0851. The lowest BCUT2D eigenvalue weighted by molar-refractivity contribution is -0.0920. The number of hydrogen-bond donors (Lipinski definition) is 1. The Morgan fingerprint density at radius 1 is 1.16 bits per heavy atom. The van der Waals surface area contributed by atoms with Crippen LogP contribution in [0.1, 0.15) is 30.9 Å². The van der Waals surface area contributed by atoms with Crippen LogP contribution in [0.15, 0.2) is 52.9 Å². The third-order valence-electron chi connectivity index (χ3n) is 6.21. The molecule has 0 spiro atoms. The van der Waals surface area contributed by atoms with Gasteiger partial charge in [0.05, 0.1) is 12.2 Å². The zero-order valence-corrected chi connectivity index (χ0v) is 17.1. The number of halogens is 4. The molecule has 0 amide bonds. The number of rotatable bonds is 5. The van der Waals surface area contributed by atoms with Gasteiger partial charge in [-0.05, 0) is 30.9 Å². The summed E-state index contributed by atoms with van der Waals surface area (Å²) >= 11 is 0. The molecule has 0 aromatic heterocycles. The standard InChI is InChI=1S/C22H25F4N5/c23-18-6-2-1-4-16(18)19-13-29(11-9-27-19)14-31-21-17(22(24,25)26)5-3-10-30(21)20(28-31)12-15-7-8-15/h1-6,15,19,27H,7-14H2. The van der Waals surface area contributed by atoms with Crippen LogP contribution in [0.3, 0.4) is 0 Å². The minimum atomic E-state index is -4.45. The van der Waals surface area contributed by atoms with Gasteiger partial charge >= 0.3 is 6.18 Å². The minimum Gasteiger partial charge on any atom is -0.309 e. The Kier molecular flexibility index (Phi) is 5.26. The third-order valence-corrected chi connectivity index (χ3v) is 6.21. The first-order chi connectivity index (χ1) is 14.9. The van der Waals surface area contributed by atoms with Gasteiger partial charge in [-0.1, -0.05) is 24.3 Å². The summed E-state index contributed by atoms with van der Waals surface area (Å²) in [4.78, 5) is 3.74. The highest BCUT2D eigenvalue weighted by Crippen LogP contribution is 2.40. The maximum atomic E-state index is 14.3. The van der Waals surface area contributed by atoms with E-state index in [-0.39, 0.29) is 24.3 Å². The van der Waals surface area contributed by atoms with E-state index in [9.17, 15) is 17.6 Å². The van der Waals surface area contributed by atoms with Crippen molar-refractivity contribution < 1.29 is 17.6 Å². The van der Waals surface area contributed by atoms with Crippen LogP contribution in [-0.4, -0.2) is 59.7 Å². The minimum absolute atomic E-state index is 0.117. The molecule has 1 saturated heterocycles. The molecule has 1 atom stereocenters. The van der Waals surface area contributed by atoms with Crippen molar-refractivity contribution in [2.24, 2.45) is 11.0 Å². The Labute approximate surface area is 178 Å². The second kappa shape index (κ2) is 7.94. The number of fused-ring (bicyclic) bond motifs is 1. The van der Waals surface area contributed by atoms with Gasteiger partial charge in [-0.25, -0.2) is 9.40 Å². The summed E-state index contributed by atoms with van der Waals surface area (Å²) in [6.07, 6.45) is 1.18. The van der Waals surface area contributed by atoms with E-state index in [1.807, 2.05) is 4.90 Å². The maximum absolute atomic E-state index is 14.3. The molecule has 0 bridgehead atoms. The van der Waals surface area contributed by atoms with Crippen LogP contribution in [0.25, 0.3) is 0 Å². The molecule has 1 aliphatic carbocycles. The lowest BCUT2D eigenvalue weighted by Crippen LogP contribution is -2.49. The average Bonchev–Trinajstić information content (AvgIpc) is 3.50. The normalized spacial score (nSPS) is 24.6. The fourth-order valence-electron chi connectivity index (χ4n) is 4.47. The van der Waals surface area contributed by atoms with Crippen molar-refractivity contribution in [2.45, 2.75) is 31.5 Å². The molecule has 9 heteroatoms. The lowest BCUT2D eigenvalue weighted by atomic mass is 10.0. The van der Waals surface area contributed by atoms with Crippen molar-refractivity contribution >= 4 is 5.84 Å². The van der Waals surface area contributed by atoms with E-state index in [4.69, 9.17) is 0 Å². The number of piperazine rings is 1. The van der Waals surface area contributed by atoms with Gasteiger partial charge < -0.3 is 10.2 Å². The van der Waals surface area contributed by atoms with Gasteiger partial charge in [0, 0.05) is 44.2 Å². The summed E-state index contributed by atoms with van der Waals surface area (Å²) in [6.45, 7) is 2.41. The summed E-state index contributed by atoms with van der Waals surface area (Å²) in [7, 11) is 0. The second-order valence-corrected chi connectivity index (χ2v) is 8.56. The monoisotopic (exact) mass is 435 g/mol. The van der Waals surface area contributed by atoms with Crippen LogP contribution in [-0.2, 0) is 0 Å². The molecule has 2 fully saturated rings. The fraction of sp³-hybridized carbons (Fsp3) is 0.500. The number of amidine groups is 1. The molecule has 5 nitrogen and oxygen atoms in total. The van der Waals surface area contributed by atoms with Crippen LogP contribution in [0.5, 0.6) is 0 Å². The number of nitrogens with zero attached hydrogens (tertiary/aromatic N) is 4. The van der Waals surface area contributed by atoms with Crippen LogP contribution < -0.4 is 5.32 Å². The van der Waals surface area contributed by atoms with Crippen molar-refractivity contribution in [3.63, 3.8) is 0 Å². The summed E-state index contributed by atoms with van der Waals surface area (Å²) in [5.74, 6) is 1.07. The molecule has 1 aromatic carbocycles. The van der Waals surface area contributed by atoms with E-state index < -0.39 is 11.7 Å². The highest BCUT2D eigenvalue weighted by molar-refractivity contribution is 5.86. The molecule has 0 radical (unpaired) electrons. The molecule has 4 aliphatic rings. The summed E-state index contributed by atoms with van der Waals surface area (Å²) in [6, 6.07) is 6.40. The van der Waals surface area contributed by atoms with E-state index in [0.717, 1.165) is 18.9 Å². The zero-order chi connectivity index (χ0) is 21.6. The first-order valence-corrected chi connectivity index (χ1v) is 10.7. The SMILES string of the molecule is Fc1ccccc1C1CN(CN2N=C(CC3CC3)N3CC=CC(C(F)(F)F)=C23)CCN1. The average molecular weight is 435 g/mol. The van der Waals surface area contributed by atoms with Gasteiger partial charge in [-0.2, -0.15) is 18.3 Å². The Balaban J connectivity index is 1.39. The highest BCUT2D eigenvalue weighted by Gasteiger charge is 2.44. The van der Waals surface area contributed by atoms with E-state index in [1.54, 1.807) is 29.2 Å². The van der Waals surface area contributed by atoms with E-state index in [0.29, 0.717) is 49.9 Å². The molecule has 1 unspecified atom stereocenters. The molecule has 1 saturated carbocycles. The van der Waals surface area contributed by atoms with Crippen molar-refractivity contribution in [1.29, 1.82) is 0 Å². The number of hydrazone groups is 1. The largest absolute Gasteiger partial charge is 0.419 e. The molecule has 1 N–H and O–H groups in total. The van der Waals surface area contributed by atoms with Crippen LogP contribution in [0.4, 0.5) is 17.6 Å². The van der Waals surface area contributed by atoms with Gasteiger partial charge in [0.2, 0.25) is 0 Å². The van der Waals surface area contributed by atoms with Crippen molar-refractivity contribution in [3.05, 3.63) is 59.2 Å². The van der Waals surface area contributed by atoms with Crippen molar-refractivity contribution in [2.75, 3.05) is 32.8 Å². The van der Waals surface area contributed by atoms with E-state index in [1.165, 1.54) is 11.1 Å². The van der Waals surface area contributed by atoms with Gasteiger partial charge in [0.1, 0.15) is 17.5 Å². The molecule has 3 aliphatic heterocycles. The lowest BCUT2D eigenvalue weighted by Gasteiger charge is -2.37. The molecular weight excluding hydrogens is 410 g/mol. The molecule has 166 valence electrons. The number of hydrogen-bond acceptors (Lipinski definition) is 5. The predicted molar refractivity (Wildman–Crippen MR) is 109 cm³/mol. The maximum Gasteiger partial charge on any atom is 0.419 e. The van der Waals surface area contributed by atoms with E-state index >= 15 is 0 Å². The Morgan fingerprint density at radius 3 is 2.71 bits per heavy atom. The molecule has 31 heavy (non-hydrogen) atoms.